The van der Waals surface area contributed by atoms with Crippen LogP contribution in [0.3, 0.4) is 0 Å². The molecule has 1 atom stereocenters. The van der Waals surface area contributed by atoms with E-state index in [1.54, 1.807) is 10.9 Å². The fraction of sp³-hybridized carbons (Fsp3) is 0.214. The van der Waals surface area contributed by atoms with E-state index in [4.69, 9.17) is 5.26 Å². The number of hydrogen-bond donors (Lipinski definition) is 1. The average Bonchev–Trinajstić information content (AvgIpc) is 2.95. The lowest BCUT2D eigenvalue weighted by molar-refractivity contribution is 0.0944. The predicted octanol–water partition coefficient (Wildman–Crippen LogP) is 1.90. The van der Waals surface area contributed by atoms with Crippen LogP contribution in [0.1, 0.15) is 23.7 Å². The first-order valence-electron chi connectivity index (χ1n) is 6.05. The number of para-hydroxylation sites is 1. The molecule has 96 valence electrons. The van der Waals surface area contributed by atoms with E-state index in [-0.39, 0.29) is 5.91 Å². The maximum absolute atomic E-state index is 11.9. The number of aromatic nitrogens is 2. The number of hydrogen-bond acceptors (Lipinski definition) is 3. The Hall–Kier alpha value is -2.61. The molecule has 0 aliphatic carbocycles. The van der Waals surface area contributed by atoms with Crippen LogP contribution >= 0.6 is 0 Å². The van der Waals surface area contributed by atoms with Crippen LogP contribution in [0.25, 0.3) is 5.69 Å². The quantitative estimate of drug-likeness (QED) is 0.905. The Kier molecular flexibility index (Phi) is 3.94. The van der Waals surface area contributed by atoms with Crippen LogP contribution < -0.4 is 5.32 Å². The molecular formula is C14H14N4O. The number of benzene rings is 1. The maximum Gasteiger partial charge on any atom is 0.255 e. The molecule has 19 heavy (non-hydrogen) atoms. The molecule has 1 aromatic heterocycles. The molecule has 5 nitrogen and oxygen atoms in total. The van der Waals surface area contributed by atoms with Gasteiger partial charge >= 0.3 is 0 Å². The van der Waals surface area contributed by atoms with Gasteiger partial charge in [-0.25, -0.2) is 4.68 Å². The van der Waals surface area contributed by atoms with Crippen molar-refractivity contribution in [1.82, 2.24) is 15.1 Å². The van der Waals surface area contributed by atoms with Gasteiger partial charge in [0.25, 0.3) is 5.91 Å². The number of carbonyl (C=O) groups excluding carboxylic acids is 1. The summed E-state index contributed by atoms with van der Waals surface area (Å²) in [6.07, 6.45) is 3.72. The summed E-state index contributed by atoms with van der Waals surface area (Å²) < 4.78 is 1.63. The van der Waals surface area contributed by atoms with Crippen LogP contribution in [0.4, 0.5) is 0 Å². The first-order chi connectivity index (χ1) is 9.24. The first-order valence-corrected chi connectivity index (χ1v) is 6.05. The molecule has 0 fully saturated rings. The molecule has 1 unspecified atom stereocenters. The average molecular weight is 254 g/mol. The van der Waals surface area contributed by atoms with Crippen molar-refractivity contribution in [2.75, 3.05) is 0 Å². The maximum atomic E-state index is 11.9. The smallest absolute Gasteiger partial charge is 0.255 e. The monoisotopic (exact) mass is 254 g/mol. The molecule has 0 radical (unpaired) electrons. The third-order valence-electron chi connectivity index (χ3n) is 2.73. The molecule has 5 heteroatoms. The van der Waals surface area contributed by atoms with Gasteiger partial charge in [0.05, 0.1) is 23.5 Å². The molecule has 0 aliphatic heterocycles. The molecule has 0 saturated carbocycles. The molecule has 1 aromatic carbocycles. The Morgan fingerprint density at radius 3 is 2.84 bits per heavy atom. The lowest BCUT2D eigenvalue weighted by atomic mass is 10.2. The lowest BCUT2D eigenvalue weighted by Gasteiger charge is -2.07. The van der Waals surface area contributed by atoms with Gasteiger partial charge in [-0.1, -0.05) is 25.1 Å². The number of carbonyl (C=O) groups is 1. The highest BCUT2D eigenvalue weighted by molar-refractivity contribution is 5.94. The van der Waals surface area contributed by atoms with Gasteiger partial charge in [-0.2, -0.15) is 10.4 Å². The van der Waals surface area contributed by atoms with Gasteiger partial charge in [-0.15, -0.1) is 0 Å². The van der Waals surface area contributed by atoms with Gasteiger partial charge < -0.3 is 5.32 Å². The number of nitrogens with one attached hydrogen (secondary N) is 1. The van der Waals surface area contributed by atoms with E-state index >= 15 is 0 Å². The van der Waals surface area contributed by atoms with Gasteiger partial charge in [-0.3, -0.25) is 4.79 Å². The lowest BCUT2D eigenvalue weighted by Crippen LogP contribution is -2.32. The highest BCUT2D eigenvalue weighted by Crippen LogP contribution is 2.07. The van der Waals surface area contributed by atoms with Crippen LogP contribution in [0.5, 0.6) is 0 Å². The minimum absolute atomic E-state index is 0.282. The third-order valence-corrected chi connectivity index (χ3v) is 2.73. The van der Waals surface area contributed by atoms with E-state index < -0.39 is 6.04 Å². The van der Waals surface area contributed by atoms with Gasteiger partial charge in [-0.05, 0) is 18.6 Å². The Labute approximate surface area is 111 Å². The van der Waals surface area contributed by atoms with E-state index in [1.807, 2.05) is 43.3 Å². The predicted molar refractivity (Wildman–Crippen MR) is 70.7 cm³/mol. The summed E-state index contributed by atoms with van der Waals surface area (Å²) in [4.78, 5) is 11.9. The number of rotatable bonds is 4. The van der Waals surface area contributed by atoms with E-state index in [0.717, 1.165) is 5.69 Å². The van der Waals surface area contributed by atoms with Gasteiger partial charge in [0.15, 0.2) is 0 Å². The normalized spacial score (nSPS) is 11.6. The minimum atomic E-state index is -0.465. The first kappa shape index (κ1) is 12.8. The van der Waals surface area contributed by atoms with E-state index in [1.165, 1.54) is 6.20 Å². The van der Waals surface area contributed by atoms with Gasteiger partial charge in [0, 0.05) is 6.20 Å². The summed E-state index contributed by atoms with van der Waals surface area (Å²) in [6.45, 7) is 1.85. The highest BCUT2D eigenvalue weighted by Gasteiger charge is 2.13. The summed E-state index contributed by atoms with van der Waals surface area (Å²) >= 11 is 0. The molecule has 0 bridgehead atoms. The SMILES string of the molecule is CCC(C#N)NC(=O)c1cnn(-c2ccccc2)c1. The topological polar surface area (TPSA) is 70.7 Å². The fourth-order valence-corrected chi connectivity index (χ4v) is 1.63. The summed E-state index contributed by atoms with van der Waals surface area (Å²) in [5, 5.41) is 15.6. The van der Waals surface area contributed by atoms with Crippen molar-refractivity contribution < 1.29 is 4.79 Å². The highest BCUT2D eigenvalue weighted by atomic mass is 16.1. The second kappa shape index (κ2) is 5.83. The largest absolute Gasteiger partial charge is 0.336 e. The molecule has 1 amide bonds. The van der Waals surface area contributed by atoms with Crippen molar-refractivity contribution >= 4 is 5.91 Å². The molecule has 1 heterocycles. The zero-order valence-electron chi connectivity index (χ0n) is 10.6. The second-order valence-electron chi connectivity index (χ2n) is 4.07. The minimum Gasteiger partial charge on any atom is -0.336 e. The molecule has 0 saturated heterocycles. The van der Waals surface area contributed by atoms with Crippen LogP contribution in [0.15, 0.2) is 42.7 Å². The van der Waals surface area contributed by atoms with Crippen molar-refractivity contribution in [2.24, 2.45) is 0 Å². The molecule has 0 aliphatic rings. The molecule has 0 spiro atoms. The summed E-state index contributed by atoms with van der Waals surface area (Å²) in [6, 6.07) is 11.1. The van der Waals surface area contributed by atoms with Gasteiger partial charge in [0.2, 0.25) is 0 Å². The zero-order valence-corrected chi connectivity index (χ0v) is 10.6. The Balaban J connectivity index is 2.14. The van der Waals surface area contributed by atoms with Crippen LogP contribution in [0.2, 0.25) is 0 Å². The number of nitrogens with zero attached hydrogens (tertiary/aromatic N) is 3. The number of nitriles is 1. The molecule has 2 rings (SSSR count). The van der Waals surface area contributed by atoms with Crippen LogP contribution in [-0.2, 0) is 0 Å². The molecule has 1 N–H and O–H groups in total. The van der Waals surface area contributed by atoms with E-state index in [2.05, 4.69) is 10.4 Å². The standard InChI is InChI=1S/C14H14N4O/c1-2-12(8-15)17-14(19)11-9-16-18(10-11)13-6-4-3-5-7-13/h3-7,9-10,12H,2H2,1H3,(H,17,19). The van der Waals surface area contributed by atoms with Crippen molar-refractivity contribution in [3.8, 4) is 11.8 Å². The zero-order chi connectivity index (χ0) is 13.7. The summed E-state index contributed by atoms with van der Waals surface area (Å²) in [5.41, 5.74) is 1.33. The second-order valence-corrected chi connectivity index (χ2v) is 4.07. The molecule has 2 aromatic rings. The fourth-order valence-electron chi connectivity index (χ4n) is 1.63. The summed E-state index contributed by atoms with van der Waals surface area (Å²) in [7, 11) is 0. The van der Waals surface area contributed by atoms with Gasteiger partial charge in [0.1, 0.15) is 6.04 Å². The third kappa shape index (κ3) is 2.99. The molecular weight excluding hydrogens is 240 g/mol. The Morgan fingerprint density at radius 1 is 1.47 bits per heavy atom. The Morgan fingerprint density at radius 2 is 2.21 bits per heavy atom. The Bertz CT molecular complexity index is 597. The van der Waals surface area contributed by atoms with Crippen molar-refractivity contribution in [1.29, 1.82) is 5.26 Å². The van der Waals surface area contributed by atoms with Crippen molar-refractivity contribution in [3.05, 3.63) is 48.3 Å². The van der Waals surface area contributed by atoms with E-state index in [9.17, 15) is 4.79 Å². The van der Waals surface area contributed by atoms with E-state index in [0.29, 0.717) is 12.0 Å². The number of amides is 1. The van der Waals surface area contributed by atoms with Crippen molar-refractivity contribution in [2.45, 2.75) is 19.4 Å². The van der Waals surface area contributed by atoms with Crippen LogP contribution in [-0.4, -0.2) is 21.7 Å². The van der Waals surface area contributed by atoms with Crippen molar-refractivity contribution in [3.63, 3.8) is 0 Å². The van der Waals surface area contributed by atoms with Crippen LogP contribution in [0, 0.1) is 11.3 Å². The summed E-state index contributed by atoms with van der Waals surface area (Å²) in [5.74, 6) is -0.282.